The highest BCUT2D eigenvalue weighted by Crippen LogP contribution is 2.26. The number of nitrogens with zero attached hydrogens (tertiary/aromatic N) is 1. The fourth-order valence-corrected chi connectivity index (χ4v) is 3.57. The highest BCUT2D eigenvalue weighted by molar-refractivity contribution is 5.95. The average molecular weight is 302 g/mol. The van der Waals surface area contributed by atoms with E-state index in [1.165, 1.54) is 5.56 Å². The zero-order valence-electron chi connectivity index (χ0n) is 13.3. The van der Waals surface area contributed by atoms with Crippen LogP contribution in [0, 0.1) is 5.92 Å². The summed E-state index contributed by atoms with van der Waals surface area (Å²) in [5.41, 5.74) is 2.23. The Morgan fingerprint density at radius 1 is 1.27 bits per heavy atom. The van der Waals surface area contributed by atoms with E-state index in [0.717, 1.165) is 44.5 Å². The lowest BCUT2D eigenvalue weighted by molar-refractivity contribution is -0.117. The number of carbonyl (C=O) groups excluding carboxylic acids is 1. The van der Waals surface area contributed by atoms with Crippen LogP contribution < -0.4 is 10.2 Å². The van der Waals surface area contributed by atoms with Gasteiger partial charge in [-0.2, -0.15) is 0 Å². The first kappa shape index (κ1) is 15.5. The number of aliphatic hydroxyl groups excluding tert-OH is 1. The number of carbonyl (C=O) groups is 1. The Hall–Kier alpha value is -1.39. The third-order valence-corrected chi connectivity index (χ3v) is 5.08. The Morgan fingerprint density at radius 3 is 2.64 bits per heavy atom. The number of anilines is 1. The van der Waals surface area contributed by atoms with Crippen molar-refractivity contribution in [1.29, 1.82) is 0 Å². The number of aliphatic hydroxyl groups is 1. The molecule has 120 valence electrons. The summed E-state index contributed by atoms with van der Waals surface area (Å²) in [6.45, 7) is 3.86. The number of rotatable bonds is 5. The molecule has 22 heavy (non-hydrogen) atoms. The number of hydrogen-bond acceptors (Lipinski definition) is 3. The van der Waals surface area contributed by atoms with Gasteiger partial charge in [-0.05, 0) is 49.8 Å². The van der Waals surface area contributed by atoms with Gasteiger partial charge < -0.3 is 15.3 Å². The minimum Gasteiger partial charge on any atom is -0.393 e. The third-order valence-electron chi connectivity index (χ3n) is 5.08. The van der Waals surface area contributed by atoms with E-state index in [-0.39, 0.29) is 18.1 Å². The van der Waals surface area contributed by atoms with E-state index in [9.17, 15) is 9.90 Å². The summed E-state index contributed by atoms with van der Waals surface area (Å²) in [6, 6.07) is 8.55. The summed E-state index contributed by atoms with van der Waals surface area (Å²) in [5, 5.41) is 13.4. The number of benzene rings is 1. The molecule has 0 radical (unpaired) electrons. The SMILES string of the molecule is C[C@H](NC[C@H]1CCC[C@H]1O)c1ccc(N2CCCC2=O)cc1. The molecule has 0 bridgehead atoms. The van der Waals surface area contributed by atoms with Crippen LogP contribution in [0.15, 0.2) is 24.3 Å². The van der Waals surface area contributed by atoms with Gasteiger partial charge in [0.2, 0.25) is 5.91 Å². The molecule has 1 heterocycles. The van der Waals surface area contributed by atoms with Crippen LogP contribution in [0.5, 0.6) is 0 Å². The van der Waals surface area contributed by atoms with Crippen molar-refractivity contribution in [2.24, 2.45) is 5.92 Å². The van der Waals surface area contributed by atoms with Crippen LogP contribution >= 0.6 is 0 Å². The molecule has 3 rings (SSSR count). The van der Waals surface area contributed by atoms with Crippen LogP contribution in [-0.2, 0) is 4.79 Å². The smallest absolute Gasteiger partial charge is 0.227 e. The molecule has 0 aromatic heterocycles. The molecule has 2 aliphatic rings. The average Bonchev–Trinajstić information content (AvgIpc) is 3.13. The maximum Gasteiger partial charge on any atom is 0.227 e. The van der Waals surface area contributed by atoms with Gasteiger partial charge in [0.15, 0.2) is 0 Å². The molecule has 1 aromatic rings. The molecule has 2 fully saturated rings. The van der Waals surface area contributed by atoms with Crippen LogP contribution in [0.2, 0.25) is 0 Å². The van der Waals surface area contributed by atoms with E-state index in [4.69, 9.17) is 0 Å². The zero-order chi connectivity index (χ0) is 15.5. The van der Waals surface area contributed by atoms with Crippen LogP contribution in [-0.4, -0.2) is 30.2 Å². The normalized spacial score (nSPS) is 26.6. The summed E-state index contributed by atoms with van der Waals surface area (Å²) in [7, 11) is 0. The van der Waals surface area contributed by atoms with Crippen molar-refractivity contribution in [2.45, 2.75) is 51.2 Å². The summed E-state index contributed by atoms with van der Waals surface area (Å²) in [5.74, 6) is 0.623. The second kappa shape index (κ2) is 6.80. The van der Waals surface area contributed by atoms with Crippen molar-refractivity contribution in [3.8, 4) is 0 Å². The van der Waals surface area contributed by atoms with Crippen molar-refractivity contribution in [2.75, 3.05) is 18.0 Å². The van der Waals surface area contributed by atoms with Crippen molar-refractivity contribution in [3.05, 3.63) is 29.8 Å². The fraction of sp³-hybridized carbons (Fsp3) is 0.611. The molecule has 2 N–H and O–H groups in total. The minimum atomic E-state index is -0.136. The van der Waals surface area contributed by atoms with Gasteiger partial charge in [0.1, 0.15) is 0 Å². The van der Waals surface area contributed by atoms with Gasteiger partial charge >= 0.3 is 0 Å². The van der Waals surface area contributed by atoms with Crippen molar-refractivity contribution < 1.29 is 9.90 Å². The largest absolute Gasteiger partial charge is 0.393 e. The first-order chi connectivity index (χ1) is 10.6. The van der Waals surface area contributed by atoms with E-state index in [0.29, 0.717) is 12.3 Å². The molecular weight excluding hydrogens is 276 g/mol. The Kier molecular flexibility index (Phi) is 4.79. The third kappa shape index (κ3) is 3.33. The lowest BCUT2D eigenvalue weighted by Crippen LogP contribution is -2.29. The van der Waals surface area contributed by atoms with Crippen LogP contribution in [0.3, 0.4) is 0 Å². The molecule has 4 heteroatoms. The van der Waals surface area contributed by atoms with Gasteiger partial charge in [-0.3, -0.25) is 4.79 Å². The standard InChI is InChI=1S/C18H26N2O2/c1-13(19-12-15-4-2-5-17(15)21)14-7-9-16(10-8-14)20-11-3-6-18(20)22/h7-10,13,15,17,19,21H,2-6,11-12H2,1H3/t13-,15+,17+/m0/s1. The second-order valence-electron chi connectivity index (χ2n) is 6.63. The highest BCUT2D eigenvalue weighted by Gasteiger charge is 2.25. The molecule has 1 aromatic carbocycles. The van der Waals surface area contributed by atoms with E-state index < -0.39 is 0 Å². The fourth-order valence-electron chi connectivity index (χ4n) is 3.57. The summed E-state index contributed by atoms with van der Waals surface area (Å²) >= 11 is 0. The molecule has 1 amide bonds. The summed E-state index contributed by atoms with van der Waals surface area (Å²) in [6.07, 6.45) is 4.70. The summed E-state index contributed by atoms with van der Waals surface area (Å²) in [4.78, 5) is 13.6. The van der Waals surface area contributed by atoms with E-state index in [1.54, 1.807) is 0 Å². The number of hydrogen-bond donors (Lipinski definition) is 2. The van der Waals surface area contributed by atoms with Crippen molar-refractivity contribution >= 4 is 11.6 Å². The first-order valence-electron chi connectivity index (χ1n) is 8.47. The maximum absolute atomic E-state index is 11.8. The lowest BCUT2D eigenvalue weighted by Gasteiger charge is -2.21. The number of amides is 1. The lowest BCUT2D eigenvalue weighted by atomic mass is 10.0. The molecule has 1 aliphatic heterocycles. The predicted octanol–water partition coefficient (Wildman–Crippen LogP) is 2.63. The molecule has 0 unspecified atom stereocenters. The Bertz CT molecular complexity index is 514. The highest BCUT2D eigenvalue weighted by atomic mass is 16.3. The molecule has 1 saturated carbocycles. The van der Waals surface area contributed by atoms with Crippen LogP contribution in [0.4, 0.5) is 5.69 Å². The van der Waals surface area contributed by atoms with E-state index in [1.807, 2.05) is 17.0 Å². The van der Waals surface area contributed by atoms with E-state index in [2.05, 4.69) is 24.4 Å². The first-order valence-corrected chi connectivity index (χ1v) is 8.47. The second-order valence-corrected chi connectivity index (χ2v) is 6.63. The Labute approximate surface area is 132 Å². The quantitative estimate of drug-likeness (QED) is 0.879. The van der Waals surface area contributed by atoms with Crippen molar-refractivity contribution in [3.63, 3.8) is 0 Å². The summed E-state index contributed by atoms with van der Waals surface area (Å²) < 4.78 is 0. The zero-order valence-corrected chi connectivity index (χ0v) is 13.3. The van der Waals surface area contributed by atoms with Gasteiger partial charge in [-0.15, -0.1) is 0 Å². The van der Waals surface area contributed by atoms with Gasteiger partial charge in [-0.1, -0.05) is 18.6 Å². The topological polar surface area (TPSA) is 52.6 Å². The molecule has 0 spiro atoms. The number of nitrogens with one attached hydrogen (secondary N) is 1. The van der Waals surface area contributed by atoms with Crippen molar-refractivity contribution in [1.82, 2.24) is 5.32 Å². The van der Waals surface area contributed by atoms with Gasteiger partial charge in [0.25, 0.3) is 0 Å². The Balaban J connectivity index is 1.56. The maximum atomic E-state index is 11.8. The molecular formula is C18H26N2O2. The predicted molar refractivity (Wildman–Crippen MR) is 87.8 cm³/mol. The monoisotopic (exact) mass is 302 g/mol. The molecule has 4 nitrogen and oxygen atoms in total. The van der Waals surface area contributed by atoms with Crippen LogP contribution in [0.1, 0.15) is 50.6 Å². The molecule has 1 saturated heterocycles. The molecule has 3 atom stereocenters. The van der Waals surface area contributed by atoms with Gasteiger partial charge in [0.05, 0.1) is 6.10 Å². The van der Waals surface area contributed by atoms with Crippen LogP contribution in [0.25, 0.3) is 0 Å². The molecule has 1 aliphatic carbocycles. The van der Waals surface area contributed by atoms with Gasteiger partial charge in [0, 0.05) is 31.2 Å². The van der Waals surface area contributed by atoms with E-state index >= 15 is 0 Å². The van der Waals surface area contributed by atoms with Gasteiger partial charge in [-0.25, -0.2) is 0 Å². The Morgan fingerprint density at radius 2 is 2.05 bits per heavy atom. The minimum absolute atomic E-state index is 0.136.